The van der Waals surface area contributed by atoms with Crippen LogP contribution in [-0.4, -0.2) is 22.3 Å². The highest BCUT2D eigenvalue weighted by molar-refractivity contribution is 6.58. The Morgan fingerprint density at radius 2 is 1.50 bits per heavy atom. The van der Waals surface area contributed by atoms with Crippen LogP contribution < -0.4 is 5.46 Å². The van der Waals surface area contributed by atoms with E-state index in [2.05, 4.69) is 10.2 Å². The topological polar surface area (TPSA) is 85.4 Å². The summed E-state index contributed by atoms with van der Waals surface area (Å²) in [4.78, 5) is 0. The summed E-state index contributed by atoms with van der Waals surface area (Å²) >= 11 is 0. The average molecular weight is 292 g/mol. The number of hydrogen-bond donors (Lipinski definition) is 3. The first kappa shape index (κ1) is 14.3. The zero-order valence-corrected chi connectivity index (χ0v) is 11.6. The Hall–Kier alpha value is -2.70. The molecule has 0 unspecified atom stereocenters. The third kappa shape index (κ3) is 2.98. The van der Waals surface area contributed by atoms with Crippen molar-refractivity contribution in [3.8, 4) is 5.75 Å². The van der Waals surface area contributed by atoms with Gasteiger partial charge >= 0.3 is 7.12 Å². The van der Waals surface area contributed by atoms with Crippen molar-refractivity contribution in [3.05, 3.63) is 60.7 Å². The van der Waals surface area contributed by atoms with Gasteiger partial charge in [-0.2, -0.15) is 5.11 Å². The Morgan fingerprint density at radius 3 is 2.23 bits per heavy atom. The first-order valence-corrected chi connectivity index (χ1v) is 6.73. The second-order valence-corrected chi connectivity index (χ2v) is 4.86. The van der Waals surface area contributed by atoms with Crippen LogP contribution in [0.3, 0.4) is 0 Å². The molecule has 0 saturated heterocycles. The van der Waals surface area contributed by atoms with E-state index in [9.17, 15) is 5.11 Å². The Kier molecular flexibility index (Phi) is 3.87. The molecule has 0 radical (unpaired) electrons. The summed E-state index contributed by atoms with van der Waals surface area (Å²) in [6.45, 7) is 0. The number of nitrogens with zero attached hydrogens (tertiary/aromatic N) is 2. The van der Waals surface area contributed by atoms with Crippen molar-refractivity contribution in [2.45, 2.75) is 0 Å². The molecule has 0 bridgehead atoms. The molecule has 0 aliphatic carbocycles. The summed E-state index contributed by atoms with van der Waals surface area (Å²) in [6, 6.07) is 17.5. The number of phenolic OH excluding ortho intramolecular Hbond substituents is 1. The average Bonchev–Trinajstić information content (AvgIpc) is 2.53. The van der Waals surface area contributed by atoms with E-state index < -0.39 is 7.12 Å². The predicted octanol–water partition coefficient (Wildman–Crippen LogP) is 2.64. The molecule has 3 N–H and O–H groups in total. The summed E-state index contributed by atoms with van der Waals surface area (Å²) in [6.07, 6.45) is 0. The van der Waals surface area contributed by atoms with E-state index in [1.807, 2.05) is 24.3 Å². The van der Waals surface area contributed by atoms with Crippen LogP contribution in [0.2, 0.25) is 0 Å². The van der Waals surface area contributed by atoms with Gasteiger partial charge in [-0.15, -0.1) is 5.11 Å². The van der Waals surface area contributed by atoms with Gasteiger partial charge in [-0.3, -0.25) is 0 Å². The maximum absolute atomic E-state index is 10.00. The van der Waals surface area contributed by atoms with Crippen molar-refractivity contribution in [1.82, 2.24) is 0 Å². The van der Waals surface area contributed by atoms with Crippen molar-refractivity contribution in [3.63, 3.8) is 0 Å². The van der Waals surface area contributed by atoms with Crippen LogP contribution in [0.15, 0.2) is 70.9 Å². The van der Waals surface area contributed by atoms with Crippen LogP contribution in [0, 0.1) is 0 Å². The van der Waals surface area contributed by atoms with Crippen LogP contribution in [0.25, 0.3) is 10.8 Å². The highest BCUT2D eigenvalue weighted by Gasteiger charge is 2.10. The minimum Gasteiger partial charge on any atom is -0.506 e. The van der Waals surface area contributed by atoms with Crippen LogP contribution in [-0.2, 0) is 0 Å². The first-order valence-electron chi connectivity index (χ1n) is 6.73. The molecule has 0 saturated carbocycles. The fourth-order valence-electron chi connectivity index (χ4n) is 2.16. The van der Waals surface area contributed by atoms with E-state index in [-0.39, 0.29) is 5.75 Å². The van der Waals surface area contributed by atoms with Gasteiger partial charge in [-0.05, 0) is 40.5 Å². The molecule has 3 aromatic rings. The Labute approximate surface area is 127 Å². The van der Waals surface area contributed by atoms with Gasteiger partial charge < -0.3 is 15.2 Å². The molecule has 0 aliphatic heterocycles. The van der Waals surface area contributed by atoms with Crippen LogP contribution >= 0.6 is 0 Å². The molecule has 22 heavy (non-hydrogen) atoms. The van der Waals surface area contributed by atoms with Crippen LogP contribution in [0.5, 0.6) is 5.75 Å². The van der Waals surface area contributed by atoms with Crippen molar-refractivity contribution in [2.24, 2.45) is 10.2 Å². The number of hydrogen-bond acceptors (Lipinski definition) is 5. The normalized spacial score (nSPS) is 11.2. The predicted molar refractivity (Wildman–Crippen MR) is 86.1 cm³/mol. The summed E-state index contributed by atoms with van der Waals surface area (Å²) in [7, 11) is -1.55. The van der Waals surface area contributed by atoms with Gasteiger partial charge in [0.15, 0.2) is 0 Å². The second kappa shape index (κ2) is 5.97. The Balaban J connectivity index is 1.95. The number of aromatic hydroxyl groups is 1. The quantitative estimate of drug-likeness (QED) is 0.512. The van der Waals surface area contributed by atoms with E-state index in [1.165, 1.54) is 6.07 Å². The van der Waals surface area contributed by atoms with Crippen molar-refractivity contribution < 1.29 is 15.2 Å². The molecule has 0 spiro atoms. The Bertz CT molecular complexity index is 850. The van der Waals surface area contributed by atoms with E-state index in [0.29, 0.717) is 16.8 Å². The number of phenols is 1. The monoisotopic (exact) mass is 292 g/mol. The largest absolute Gasteiger partial charge is 0.506 e. The number of rotatable bonds is 3. The number of azo groups is 1. The first-order chi connectivity index (χ1) is 10.6. The van der Waals surface area contributed by atoms with E-state index >= 15 is 0 Å². The van der Waals surface area contributed by atoms with Gasteiger partial charge in [0.25, 0.3) is 0 Å². The summed E-state index contributed by atoms with van der Waals surface area (Å²) in [5, 5.41) is 38.2. The van der Waals surface area contributed by atoms with Gasteiger partial charge in [0.05, 0.1) is 5.69 Å². The van der Waals surface area contributed by atoms with Gasteiger partial charge in [0.2, 0.25) is 0 Å². The third-order valence-corrected chi connectivity index (χ3v) is 3.28. The highest BCUT2D eigenvalue weighted by Crippen LogP contribution is 2.32. The Morgan fingerprint density at radius 1 is 0.773 bits per heavy atom. The molecular formula is C16H13BN2O3. The van der Waals surface area contributed by atoms with Gasteiger partial charge in [-0.25, -0.2) is 0 Å². The molecule has 0 heterocycles. The maximum atomic E-state index is 10.00. The number of fused-ring (bicyclic) bond motifs is 1. The molecule has 0 fully saturated rings. The third-order valence-electron chi connectivity index (χ3n) is 3.28. The van der Waals surface area contributed by atoms with Crippen molar-refractivity contribution >= 4 is 34.7 Å². The fraction of sp³-hybridized carbons (Fsp3) is 0. The molecule has 108 valence electrons. The lowest BCUT2D eigenvalue weighted by molar-refractivity contribution is 0.426. The van der Waals surface area contributed by atoms with E-state index in [4.69, 9.17) is 10.0 Å². The lowest BCUT2D eigenvalue weighted by atomic mass is 9.80. The van der Waals surface area contributed by atoms with Crippen LogP contribution in [0.1, 0.15) is 0 Å². The van der Waals surface area contributed by atoms with Crippen molar-refractivity contribution in [2.75, 3.05) is 0 Å². The lowest BCUT2D eigenvalue weighted by Gasteiger charge is -2.02. The van der Waals surface area contributed by atoms with Gasteiger partial charge in [0.1, 0.15) is 11.4 Å². The van der Waals surface area contributed by atoms with E-state index in [0.717, 1.165) is 10.8 Å². The van der Waals surface area contributed by atoms with E-state index in [1.54, 1.807) is 30.3 Å². The maximum Gasteiger partial charge on any atom is 0.488 e. The summed E-state index contributed by atoms with van der Waals surface area (Å²) in [5.41, 5.74) is 1.16. The lowest BCUT2D eigenvalue weighted by Crippen LogP contribution is -2.29. The summed E-state index contributed by atoms with van der Waals surface area (Å²) < 4.78 is 0. The smallest absolute Gasteiger partial charge is 0.488 e. The van der Waals surface area contributed by atoms with Gasteiger partial charge in [-0.1, -0.05) is 36.4 Å². The fourth-order valence-corrected chi connectivity index (χ4v) is 2.16. The minimum absolute atomic E-state index is 0.0424. The van der Waals surface area contributed by atoms with Crippen molar-refractivity contribution in [1.29, 1.82) is 0 Å². The second-order valence-electron chi connectivity index (χ2n) is 4.86. The molecule has 6 heteroatoms. The molecule has 0 aromatic heterocycles. The molecule has 0 atom stereocenters. The zero-order valence-electron chi connectivity index (χ0n) is 11.6. The zero-order chi connectivity index (χ0) is 15.5. The van der Waals surface area contributed by atoms with Crippen LogP contribution in [0.4, 0.5) is 11.4 Å². The molecule has 3 rings (SSSR count). The molecule has 0 aliphatic rings. The molecule has 3 aromatic carbocycles. The highest BCUT2D eigenvalue weighted by atomic mass is 16.4. The van der Waals surface area contributed by atoms with Gasteiger partial charge in [0, 0.05) is 0 Å². The molecule has 5 nitrogen and oxygen atoms in total. The summed E-state index contributed by atoms with van der Waals surface area (Å²) in [5.74, 6) is 0.0424. The minimum atomic E-state index is -1.55. The SMILES string of the molecule is OB(O)c1cccc(N=Nc2cc3ccccc3cc2O)c1. The standard InChI is InChI=1S/C16H13BN2O3/c20-16-9-12-5-2-1-4-11(12)8-15(16)19-18-14-7-3-6-13(10-14)17(21)22/h1-10,20-22H. The molecular weight excluding hydrogens is 279 g/mol. The number of benzene rings is 3. The molecule has 0 amide bonds.